The number of ether oxygens (including phenoxy) is 1. The van der Waals surface area contributed by atoms with Crippen LogP contribution in [-0.4, -0.2) is 12.4 Å². The maximum atomic E-state index is 11.3. The molecule has 0 aromatic carbocycles. The average Bonchev–Trinajstić information content (AvgIpc) is 1.84. The van der Waals surface area contributed by atoms with Crippen molar-refractivity contribution in [3.8, 4) is 0 Å². The lowest BCUT2D eigenvalue weighted by Gasteiger charge is -2.24. The van der Waals surface area contributed by atoms with Gasteiger partial charge in [-0.1, -0.05) is 20.8 Å². The first-order valence-corrected chi connectivity index (χ1v) is 3.85. The fourth-order valence-corrected chi connectivity index (χ4v) is 0.471. The van der Waals surface area contributed by atoms with Crippen LogP contribution in [0.15, 0.2) is 0 Å². The minimum Gasteiger partial charge on any atom is -0.347 e. The van der Waals surface area contributed by atoms with Gasteiger partial charge in [-0.3, -0.25) is 0 Å². The van der Waals surface area contributed by atoms with Crippen LogP contribution < -0.4 is 0 Å². The summed E-state index contributed by atoms with van der Waals surface area (Å²) in [5.74, 6) is -1.16. The Morgan fingerprint density at radius 2 is 2.00 bits per heavy atom. The molecule has 0 amide bonds. The first kappa shape index (κ1) is 9.92. The van der Waals surface area contributed by atoms with Gasteiger partial charge in [0.05, 0.1) is 0 Å². The summed E-state index contributed by atoms with van der Waals surface area (Å²) in [4.78, 5) is 0. The third-order valence-corrected chi connectivity index (χ3v) is 1.64. The fourth-order valence-electron chi connectivity index (χ4n) is 0.471. The Balaban J connectivity index is 3.63. The molecule has 1 atom stereocenters. The van der Waals surface area contributed by atoms with E-state index in [-0.39, 0.29) is 5.92 Å². The van der Waals surface area contributed by atoms with Crippen LogP contribution in [0.1, 0.15) is 34.1 Å². The summed E-state index contributed by atoms with van der Waals surface area (Å²) in [7, 11) is 0. The quantitative estimate of drug-likeness (QED) is 0.557. The van der Waals surface area contributed by atoms with E-state index >= 15 is 0 Å². The summed E-state index contributed by atoms with van der Waals surface area (Å²) in [6.45, 7) is 7.91. The van der Waals surface area contributed by atoms with Crippen molar-refractivity contribution in [1.29, 1.82) is 0 Å². The number of hydrogen-bond acceptors (Lipinski definition) is 1. The predicted octanol–water partition coefficient (Wildman–Crippen LogP) is 2.22. The van der Waals surface area contributed by atoms with Gasteiger partial charge in [-0.2, -0.15) is 5.11 Å². The van der Waals surface area contributed by atoms with Crippen LogP contribution in [0.3, 0.4) is 0 Å². The third-order valence-electron chi connectivity index (χ3n) is 1.64. The Hall–Kier alpha value is -0.0800. The molecule has 2 nitrogen and oxygen atoms in total. The van der Waals surface area contributed by atoms with Gasteiger partial charge in [0.1, 0.15) is 0 Å². The Bertz CT molecular complexity index is 87.3. The van der Waals surface area contributed by atoms with E-state index in [9.17, 15) is 5.11 Å². The second-order valence-corrected chi connectivity index (χ2v) is 3.02. The van der Waals surface area contributed by atoms with Crippen molar-refractivity contribution in [2.24, 2.45) is 5.92 Å². The number of hydrogen-bond donors (Lipinski definition) is 0. The van der Waals surface area contributed by atoms with E-state index < -0.39 is 5.79 Å². The summed E-state index contributed by atoms with van der Waals surface area (Å²) in [5.41, 5.74) is 0. The standard InChI is InChI=1S/C8H17O2/c1-5-6-10-8(4,9)7(2)3/h7H,5-6H2,1-4H3. The molecule has 0 aromatic rings. The Morgan fingerprint density at radius 1 is 1.50 bits per heavy atom. The highest BCUT2D eigenvalue weighted by molar-refractivity contribution is 4.63. The van der Waals surface area contributed by atoms with Gasteiger partial charge in [0.2, 0.25) is 5.79 Å². The van der Waals surface area contributed by atoms with Crippen molar-refractivity contribution in [1.82, 2.24) is 0 Å². The molecule has 61 valence electrons. The van der Waals surface area contributed by atoms with Crippen LogP contribution in [0.4, 0.5) is 0 Å². The Kier molecular flexibility index (Phi) is 3.91. The van der Waals surface area contributed by atoms with Crippen LogP contribution >= 0.6 is 0 Å². The molecule has 0 aliphatic rings. The van der Waals surface area contributed by atoms with E-state index in [2.05, 4.69) is 0 Å². The predicted molar refractivity (Wildman–Crippen MR) is 40.2 cm³/mol. The molecule has 0 aliphatic heterocycles. The molecule has 0 heterocycles. The molecule has 0 saturated carbocycles. The highest BCUT2D eigenvalue weighted by Crippen LogP contribution is 2.18. The van der Waals surface area contributed by atoms with Crippen LogP contribution in [-0.2, 0) is 9.84 Å². The lowest BCUT2D eigenvalue weighted by Crippen LogP contribution is -2.33. The van der Waals surface area contributed by atoms with Crippen molar-refractivity contribution < 1.29 is 9.84 Å². The molecule has 0 spiro atoms. The fraction of sp³-hybridized carbons (Fsp3) is 1.00. The molecule has 1 radical (unpaired) electrons. The SMILES string of the molecule is CCCOC(C)([O])C(C)C. The molecular weight excluding hydrogens is 128 g/mol. The van der Waals surface area contributed by atoms with E-state index in [1.807, 2.05) is 20.8 Å². The highest BCUT2D eigenvalue weighted by atomic mass is 16.6. The van der Waals surface area contributed by atoms with E-state index in [1.54, 1.807) is 6.92 Å². The molecule has 0 saturated heterocycles. The van der Waals surface area contributed by atoms with E-state index in [1.165, 1.54) is 0 Å². The van der Waals surface area contributed by atoms with Gasteiger partial charge in [-0.15, -0.1) is 0 Å². The van der Waals surface area contributed by atoms with Crippen LogP contribution in [0.2, 0.25) is 0 Å². The highest BCUT2D eigenvalue weighted by Gasteiger charge is 2.27. The van der Waals surface area contributed by atoms with Crippen molar-refractivity contribution in [2.45, 2.75) is 39.9 Å². The lowest BCUT2D eigenvalue weighted by molar-refractivity contribution is -0.253. The van der Waals surface area contributed by atoms with Gasteiger partial charge in [-0.25, -0.2) is 0 Å². The minimum absolute atomic E-state index is 0.0408. The van der Waals surface area contributed by atoms with Crippen molar-refractivity contribution in [3.63, 3.8) is 0 Å². The maximum Gasteiger partial charge on any atom is 0.201 e. The molecule has 0 aromatic heterocycles. The van der Waals surface area contributed by atoms with Gasteiger partial charge in [0.25, 0.3) is 0 Å². The van der Waals surface area contributed by atoms with E-state index in [0.717, 1.165) is 6.42 Å². The summed E-state index contributed by atoms with van der Waals surface area (Å²) in [6, 6.07) is 0. The summed E-state index contributed by atoms with van der Waals surface area (Å²) in [5, 5.41) is 11.3. The molecular formula is C8H17O2. The largest absolute Gasteiger partial charge is 0.347 e. The summed E-state index contributed by atoms with van der Waals surface area (Å²) < 4.78 is 5.08. The normalized spacial score (nSPS) is 17.4. The first-order chi connectivity index (χ1) is 4.50. The van der Waals surface area contributed by atoms with Crippen LogP contribution in [0.25, 0.3) is 0 Å². The molecule has 0 bridgehead atoms. The first-order valence-electron chi connectivity index (χ1n) is 3.85. The van der Waals surface area contributed by atoms with Crippen molar-refractivity contribution in [3.05, 3.63) is 0 Å². The topological polar surface area (TPSA) is 29.1 Å². The smallest absolute Gasteiger partial charge is 0.201 e. The average molecular weight is 145 g/mol. The molecule has 0 aliphatic carbocycles. The summed E-state index contributed by atoms with van der Waals surface area (Å²) >= 11 is 0. The van der Waals surface area contributed by atoms with Gasteiger partial charge in [0, 0.05) is 12.5 Å². The van der Waals surface area contributed by atoms with E-state index in [0.29, 0.717) is 6.61 Å². The zero-order chi connectivity index (χ0) is 8.20. The van der Waals surface area contributed by atoms with E-state index in [4.69, 9.17) is 4.74 Å². The zero-order valence-corrected chi connectivity index (χ0v) is 7.31. The number of rotatable bonds is 4. The molecule has 10 heavy (non-hydrogen) atoms. The Morgan fingerprint density at radius 3 is 2.30 bits per heavy atom. The Labute approximate surface area is 63.2 Å². The van der Waals surface area contributed by atoms with Gasteiger partial charge >= 0.3 is 0 Å². The van der Waals surface area contributed by atoms with Crippen molar-refractivity contribution >= 4 is 0 Å². The molecule has 0 fully saturated rings. The third kappa shape index (κ3) is 3.18. The summed E-state index contributed by atoms with van der Waals surface area (Å²) in [6.07, 6.45) is 0.907. The lowest BCUT2D eigenvalue weighted by atomic mass is 10.1. The molecule has 0 N–H and O–H groups in total. The maximum absolute atomic E-state index is 11.3. The molecule has 2 heteroatoms. The van der Waals surface area contributed by atoms with Gasteiger partial charge in [-0.05, 0) is 13.3 Å². The van der Waals surface area contributed by atoms with Gasteiger partial charge in [0.15, 0.2) is 0 Å². The second-order valence-electron chi connectivity index (χ2n) is 3.02. The van der Waals surface area contributed by atoms with Crippen LogP contribution in [0.5, 0.6) is 0 Å². The van der Waals surface area contributed by atoms with Crippen LogP contribution in [0, 0.1) is 5.92 Å². The second kappa shape index (κ2) is 3.94. The van der Waals surface area contributed by atoms with Gasteiger partial charge < -0.3 is 4.74 Å². The monoisotopic (exact) mass is 145 g/mol. The zero-order valence-electron chi connectivity index (χ0n) is 7.31. The minimum atomic E-state index is -1.20. The van der Waals surface area contributed by atoms with Crippen molar-refractivity contribution in [2.75, 3.05) is 6.61 Å². The molecule has 1 unspecified atom stereocenters. The molecule has 0 rings (SSSR count).